The second-order valence-electron chi connectivity index (χ2n) is 4.69. The van der Waals surface area contributed by atoms with E-state index in [1.54, 1.807) is 0 Å². The number of amides is 1. The summed E-state index contributed by atoms with van der Waals surface area (Å²) in [7, 11) is 1.26. The minimum Gasteiger partial charge on any atom is -0.507 e. The number of halogens is 1. The van der Waals surface area contributed by atoms with Gasteiger partial charge in [0, 0.05) is 6.54 Å². The van der Waals surface area contributed by atoms with Gasteiger partial charge < -0.3 is 14.7 Å². The second kappa shape index (κ2) is 5.90. The first-order valence-electron chi connectivity index (χ1n) is 6.42. The molecule has 1 fully saturated rings. The predicted octanol–water partition coefficient (Wildman–Crippen LogP) is 1.70. The molecular weight excluding hydrogens is 265 g/mol. The summed E-state index contributed by atoms with van der Waals surface area (Å²) in [5.41, 5.74) is -0.138. The number of phenols is 1. The maximum Gasteiger partial charge on any atom is 0.328 e. The fourth-order valence-corrected chi connectivity index (χ4v) is 2.39. The number of methoxy groups -OCH3 is 1. The van der Waals surface area contributed by atoms with Crippen LogP contribution in [0.1, 0.15) is 29.6 Å². The number of hydrogen-bond acceptors (Lipinski definition) is 4. The number of ether oxygens (including phenoxy) is 1. The van der Waals surface area contributed by atoms with Crippen molar-refractivity contribution in [3.05, 3.63) is 29.6 Å². The highest BCUT2D eigenvalue weighted by molar-refractivity contribution is 5.99. The van der Waals surface area contributed by atoms with Gasteiger partial charge in [-0.1, -0.05) is 0 Å². The Hall–Kier alpha value is -2.11. The Morgan fingerprint density at radius 1 is 1.40 bits per heavy atom. The fraction of sp³-hybridized carbons (Fsp3) is 0.429. The Morgan fingerprint density at radius 2 is 2.15 bits per heavy atom. The van der Waals surface area contributed by atoms with E-state index >= 15 is 0 Å². The monoisotopic (exact) mass is 281 g/mol. The third-order valence-corrected chi connectivity index (χ3v) is 3.43. The van der Waals surface area contributed by atoms with Crippen molar-refractivity contribution in [2.75, 3.05) is 13.7 Å². The normalized spacial score (nSPS) is 18.7. The Labute approximate surface area is 116 Å². The second-order valence-corrected chi connectivity index (χ2v) is 4.69. The summed E-state index contributed by atoms with van der Waals surface area (Å²) in [5.74, 6) is -1.96. The average Bonchev–Trinajstić information content (AvgIpc) is 2.48. The molecule has 108 valence electrons. The van der Waals surface area contributed by atoms with Crippen molar-refractivity contribution in [3.63, 3.8) is 0 Å². The molecule has 1 aromatic carbocycles. The zero-order valence-electron chi connectivity index (χ0n) is 11.1. The molecule has 1 aliphatic rings. The van der Waals surface area contributed by atoms with E-state index in [0.29, 0.717) is 13.0 Å². The number of nitrogens with zero attached hydrogens (tertiary/aromatic N) is 1. The molecule has 20 heavy (non-hydrogen) atoms. The molecule has 0 unspecified atom stereocenters. The molecule has 0 aliphatic carbocycles. The van der Waals surface area contributed by atoms with E-state index in [0.717, 1.165) is 31.0 Å². The molecule has 0 spiro atoms. The van der Waals surface area contributed by atoms with Crippen molar-refractivity contribution < 1.29 is 23.8 Å². The van der Waals surface area contributed by atoms with Gasteiger partial charge >= 0.3 is 5.97 Å². The minimum atomic E-state index is -0.677. The molecule has 1 heterocycles. The zero-order chi connectivity index (χ0) is 14.7. The number of likely N-dealkylation sites (tertiary alicyclic amines) is 1. The van der Waals surface area contributed by atoms with Crippen LogP contribution in [0.15, 0.2) is 18.2 Å². The van der Waals surface area contributed by atoms with E-state index in [1.807, 2.05) is 0 Å². The molecule has 0 aromatic heterocycles. The summed E-state index contributed by atoms with van der Waals surface area (Å²) in [6.45, 7) is 0.383. The van der Waals surface area contributed by atoms with E-state index in [2.05, 4.69) is 0 Å². The lowest BCUT2D eigenvalue weighted by Crippen LogP contribution is -2.48. The highest BCUT2D eigenvalue weighted by Crippen LogP contribution is 2.25. The quantitative estimate of drug-likeness (QED) is 0.838. The molecule has 0 saturated carbocycles. The first kappa shape index (κ1) is 14.3. The van der Waals surface area contributed by atoms with Crippen molar-refractivity contribution in [2.24, 2.45) is 0 Å². The molecule has 0 radical (unpaired) electrons. The smallest absolute Gasteiger partial charge is 0.328 e. The van der Waals surface area contributed by atoms with Crippen molar-refractivity contribution in [1.29, 1.82) is 0 Å². The van der Waals surface area contributed by atoms with Crippen LogP contribution in [-0.4, -0.2) is 41.6 Å². The van der Waals surface area contributed by atoms with Crippen LogP contribution in [0.25, 0.3) is 0 Å². The van der Waals surface area contributed by atoms with Crippen molar-refractivity contribution in [2.45, 2.75) is 25.3 Å². The highest BCUT2D eigenvalue weighted by Gasteiger charge is 2.34. The van der Waals surface area contributed by atoms with Crippen LogP contribution in [0.5, 0.6) is 5.75 Å². The van der Waals surface area contributed by atoms with Crippen molar-refractivity contribution in [3.8, 4) is 5.75 Å². The van der Waals surface area contributed by atoms with E-state index in [9.17, 15) is 19.1 Å². The summed E-state index contributed by atoms with van der Waals surface area (Å²) in [6.07, 6.45) is 2.09. The number of phenolic OH excluding ortho intramolecular Hbond substituents is 1. The van der Waals surface area contributed by atoms with Crippen molar-refractivity contribution >= 4 is 11.9 Å². The van der Waals surface area contributed by atoms with Gasteiger partial charge in [0.2, 0.25) is 0 Å². The third kappa shape index (κ3) is 2.74. The Balaban J connectivity index is 2.30. The summed E-state index contributed by atoms with van der Waals surface area (Å²) in [4.78, 5) is 25.4. The van der Waals surface area contributed by atoms with E-state index in [4.69, 9.17) is 4.74 Å². The van der Waals surface area contributed by atoms with Crippen LogP contribution < -0.4 is 0 Å². The van der Waals surface area contributed by atoms with Crippen LogP contribution in [0.4, 0.5) is 4.39 Å². The largest absolute Gasteiger partial charge is 0.507 e. The molecule has 0 bridgehead atoms. The number of hydrogen-bond donors (Lipinski definition) is 1. The summed E-state index contributed by atoms with van der Waals surface area (Å²) < 4.78 is 17.9. The number of carbonyl (C=O) groups is 2. The topological polar surface area (TPSA) is 66.8 Å². The van der Waals surface area contributed by atoms with Crippen LogP contribution in [-0.2, 0) is 9.53 Å². The van der Waals surface area contributed by atoms with Gasteiger partial charge in [0.1, 0.15) is 17.6 Å². The van der Waals surface area contributed by atoms with E-state index in [-0.39, 0.29) is 11.3 Å². The van der Waals surface area contributed by atoms with Crippen molar-refractivity contribution in [1.82, 2.24) is 4.90 Å². The average molecular weight is 281 g/mol. The highest BCUT2D eigenvalue weighted by atomic mass is 19.1. The minimum absolute atomic E-state index is 0.138. The Kier molecular flexibility index (Phi) is 4.22. The summed E-state index contributed by atoms with van der Waals surface area (Å²) in [6, 6.07) is 2.49. The lowest BCUT2D eigenvalue weighted by molar-refractivity contribution is -0.147. The number of benzene rings is 1. The van der Waals surface area contributed by atoms with Gasteiger partial charge in [-0.05, 0) is 37.5 Å². The van der Waals surface area contributed by atoms with Gasteiger partial charge in [0.15, 0.2) is 0 Å². The van der Waals surface area contributed by atoms with Crippen LogP contribution >= 0.6 is 0 Å². The Morgan fingerprint density at radius 3 is 2.85 bits per heavy atom. The van der Waals surface area contributed by atoms with Gasteiger partial charge in [-0.3, -0.25) is 4.79 Å². The van der Waals surface area contributed by atoms with E-state index in [1.165, 1.54) is 12.0 Å². The molecule has 5 nitrogen and oxygen atoms in total. The summed E-state index contributed by atoms with van der Waals surface area (Å²) in [5, 5.41) is 9.69. The number of piperidine rings is 1. The van der Waals surface area contributed by atoms with Crippen LogP contribution in [0, 0.1) is 5.82 Å². The van der Waals surface area contributed by atoms with Gasteiger partial charge in [-0.2, -0.15) is 0 Å². The predicted molar refractivity (Wildman–Crippen MR) is 68.8 cm³/mol. The van der Waals surface area contributed by atoms with Gasteiger partial charge in [-0.25, -0.2) is 9.18 Å². The van der Waals surface area contributed by atoms with Gasteiger partial charge in [0.05, 0.1) is 12.7 Å². The molecule has 1 atom stereocenters. The lowest BCUT2D eigenvalue weighted by Gasteiger charge is -2.33. The van der Waals surface area contributed by atoms with Crippen LogP contribution in [0.3, 0.4) is 0 Å². The maximum atomic E-state index is 13.2. The third-order valence-electron chi connectivity index (χ3n) is 3.43. The number of carbonyl (C=O) groups excluding carboxylic acids is 2. The molecule has 1 saturated heterocycles. The fourth-order valence-electron chi connectivity index (χ4n) is 2.39. The number of aromatic hydroxyl groups is 1. The first-order valence-corrected chi connectivity index (χ1v) is 6.42. The standard InChI is InChI=1S/C14H16FNO4/c1-20-14(19)11-4-2-3-7-16(11)13(18)10-8-9(15)5-6-12(10)17/h5-6,8,11,17H,2-4,7H2,1H3/t11-/m1/s1. The number of rotatable bonds is 2. The lowest BCUT2D eigenvalue weighted by atomic mass is 10.0. The number of esters is 1. The molecule has 1 aromatic rings. The van der Waals surface area contributed by atoms with Gasteiger partial charge in [0.25, 0.3) is 5.91 Å². The molecule has 6 heteroatoms. The molecule has 1 aliphatic heterocycles. The summed E-state index contributed by atoms with van der Waals surface area (Å²) >= 11 is 0. The first-order chi connectivity index (χ1) is 9.54. The molecule has 1 amide bonds. The molecule has 1 N–H and O–H groups in total. The Bertz CT molecular complexity index is 532. The van der Waals surface area contributed by atoms with Gasteiger partial charge in [-0.15, -0.1) is 0 Å². The SMILES string of the molecule is COC(=O)[C@H]1CCCCN1C(=O)c1cc(F)ccc1O. The molecular formula is C14H16FNO4. The van der Waals surface area contributed by atoms with Crippen LogP contribution in [0.2, 0.25) is 0 Å². The van der Waals surface area contributed by atoms with E-state index < -0.39 is 23.7 Å². The maximum absolute atomic E-state index is 13.2. The molecule has 2 rings (SSSR count). The zero-order valence-corrected chi connectivity index (χ0v) is 11.1.